The third-order valence-electron chi connectivity index (χ3n) is 4.67. The van der Waals surface area contributed by atoms with Crippen LogP contribution in [0.4, 0.5) is 0 Å². The Hall–Kier alpha value is -1.06. The monoisotopic (exact) mass is 338 g/mol. The van der Waals surface area contributed by atoms with E-state index in [1.807, 2.05) is 4.90 Å². The number of nitrogens with two attached hydrogens (primary N) is 1. The summed E-state index contributed by atoms with van der Waals surface area (Å²) in [6, 6.07) is 8.94. The second kappa shape index (κ2) is 8.70. The van der Waals surface area contributed by atoms with Gasteiger partial charge in [0.1, 0.15) is 0 Å². The Kier molecular flexibility index (Phi) is 7.56. The van der Waals surface area contributed by atoms with Crippen molar-refractivity contribution in [3.63, 3.8) is 0 Å². The molecule has 1 unspecified atom stereocenters. The number of piperidine rings is 1. The number of halogens is 1. The molecule has 3 nitrogen and oxygen atoms in total. The summed E-state index contributed by atoms with van der Waals surface area (Å²) in [6.45, 7) is 8.12. The molecule has 0 spiro atoms. The van der Waals surface area contributed by atoms with E-state index in [1.165, 1.54) is 17.5 Å². The largest absolute Gasteiger partial charge is 0.338 e. The average molecular weight is 339 g/mol. The lowest BCUT2D eigenvalue weighted by Crippen LogP contribution is -2.47. The first-order valence-corrected chi connectivity index (χ1v) is 8.51. The number of rotatable bonds is 4. The highest BCUT2D eigenvalue weighted by Crippen LogP contribution is 2.23. The molecule has 0 aliphatic carbocycles. The highest BCUT2D eigenvalue weighted by molar-refractivity contribution is 5.85. The minimum absolute atomic E-state index is 0. The van der Waals surface area contributed by atoms with Gasteiger partial charge in [0.15, 0.2) is 0 Å². The Labute approximate surface area is 147 Å². The van der Waals surface area contributed by atoms with Crippen LogP contribution in [0.15, 0.2) is 24.3 Å². The van der Waals surface area contributed by atoms with Crippen molar-refractivity contribution in [1.82, 2.24) is 4.90 Å². The third kappa shape index (κ3) is 5.50. The van der Waals surface area contributed by atoms with Gasteiger partial charge in [-0.1, -0.05) is 45.0 Å². The summed E-state index contributed by atoms with van der Waals surface area (Å²) in [5.41, 5.74) is 8.55. The van der Waals surface area contributed by atoms with Gasteiger partial charge in [-0.3, -0.25) is 4.79 Å². The number of benzene rings is 1. The van der Waals surface area contributed by atoms with E-state index in [2.05, 4.69) is 45.0 Å². The van der Waals surface area contributed by atoms with Crippen molar-refractivity contribution < 1.29 is 4.79 Å². The van der Waals surface area contributed by atoms with E-state index >= 15 is 0 Å². The zero-order chi connectivity index (χ0) is 16.2. The minimum atomic E-state index is 0. The van der Waals surface area contributed by atoms with E-state index in [1.54, 1.807) is 0 Å². The van der Waals surface area contributed by atoms with Crippen LogP contribution in [0.2, 0.25) is 0 Å². The fourth-order valence-electron chi connectivity index (χ4n) is 3.14. The molecular weight excluding hydrogens is 308 g/mol. The molecule has 4 heteroatoms. The normalized spacial score (nSPS) is 18.4. The lowest BCUT2D eigenvalue weighted by Gasteiger charge is -2.35. The van der Waals surface area contributed by atoms with Gasteiger partial charge in [-0.15, -0.1) is 12.4 Å². The smallest absolute Gasteiger partial charge is 0.223 e. The Balaban J connectivity index is 0.00000264. The summed E-state index contributed by atoms with van der Waals surface area (Å²) >= 11 is 0. The molecule has 130 valence electrons. The van der Waals surface area contributed by atoms with Gasteiger partial charge in [0, 0.05) is 25.6 Å². The topological polar surface area (TPSA) is 46.3 Å². The van der Waals surface area contributed by atoms with Crippen molar-refractivity contribution in [3.8, 4) is 0 Å². The summed E-state index contributed by atoms with van der Waals surface area (Å²) in [6.07, 6.45) is 4.77. The van der Waals surface area contributed by atoms with E-state index in [4.69, 9.17) is 5.73 Å². The van der Waals surface area contributed by atoms with Crippen molar-refractivity contribution >= 4 is 18.3 Å². The van der Waals surface area contributed by atoms with E-state index in [-0.39, 0.29) is 29.8 Å². The number of likely N-dealkylation sites (tertiary alicyclic amines) is 1. The molecule has 2 N–H and O–H groups in total. The molecule has 1 fully saturated rings. The summed E-state index contributed by atoms with van der Waals surface area (Å²) in [7, 11) is 0. The number of hydrogen-bond donors (Lipinski definition) is 1. The maximum Gasteiger partial charge on any atom is 0.223 e. The zero-order valence-corrected chi connectivity index (χ0v) is 15.5. The van der Waals surface area contributed by atoms with Crippen molar-refractivity contribution in [2.24, 2.45) is 5.73 Å². The van der Waals surface area contributed by atoms with Crippen LogP contribution in [0, 0.1) is 0 Å². The van der Waals surface area contributed by atoms with Crippen LogP contribution in [0.25, 0.3) is 0 Å². The molecule has 0 bridgehead atoms. The minimum Gasteiger partial charge on any atom is -0.338 e. The number of amides is 1. The maximum atomic E-state index is 12.4. The number of nitrogens with zero attached hydrogens (tertiary/aromatic N) is 1. The first kappa shape index (κ1) is 20.0. The molecule has 1 aromatic rings. The predicted molar refractivity (Wildman–Crippen MR) is 99.1 cm³/mol. The Morgan fingerprint density at radius 3 is 2.43 bits per heavy atom. The van der Waals surface area contributed by atoms with Gasteiger partial charge in [0.05, 0.1) is 0 Å². The summed E-state index contributed by atoms with van der Waals surface area (Å²) in [4.78, 5) is 14.4. The molecular formula is C19H31ClN2O. The van der Waals surface area contributed by atoms with Crippen LogP contribution < -0.4 is 5.73 Å². The molecule has 0 saturated carbocycles. The predicted octanol–water partition coefficient (Wildman–Crippen LogP) is 3.68. The van der Waals surface area contributed by atoms with E-state index in [0.29, 0.717) is 13.0 Å². The van der Waals surface area contributed by atoms with Crippen LogP contribution in [-0.2, 0) is 16.6 Å². The van der Waals surface area contributed by atoms with E-state index in [0.717, 1.165) is 25.8 Å². The highest BCUT2D eigenvalue weighted by Gasteiger charge is 2.25. The van der Waals surface area contributed by atoms with Crippen LogP contribution in [-0.4, -0.2) is 29.9 Å². The van der Waals surface area contributed by atoms with Gasteiger partial charge >= 0.3 is 0 Å². The molecule has 0 radical (unpaired) electrons. The van der Waals surface area contributed by atoms with Crippen LogP contribution in [0.1, 0.15) is 57.6 Å². The van der Waals surface area contributed by atoms with Crippen LogP contribution in [0.5, 0.6) is 0 Å². The van der Waals surface area contributed by atoms with Crippen LogP contribution in [0.3, 0.4) is 0 Å². The van der Waals surface area contributed by atoms with Gasteiger partial charge in [0.25, 0.3) is 0 Å². The third-order valence-corrected chi connectivity index (χ3v) is 4.67. The Bertz CT molecular complexity index is 493. The molecule has 1 aliphatic heterocycles. The lowest BCUT2D eigenvalue weighted by molar-refractivity contribution is -0.134. The quantitative estimate of drug-likeness (QED) is 0.910. The highest BCUT2D eigenvalue weighted by atomic mass is 35.5. The number of aryl methyl sites for hydroxylation is 1. The molecule has 1 saturated heterocycles. The summed E-state index contributed by atoms with van der Waals surface area (Å²) in [5, 5.41) is 0. The standard InChI is InChI=1S/C19H30N2O.ClH/c1-19(2,3)16-10-7-15(8-11-16)9-12-18(22)21-13-5-4-6-17(21)14-20;/h7-8,10-11,17H,4-6,9,12-14,20H2,1-3H3;1H. The van der Waals surface area contributed by atoms with Gasteiger partial charge in [0.2, 0.25) is 5.91 Å². The van der Waals surface area contributed by atoms with Crippen LogP contribution >= 0.6 is 12.4 Å². The summed E-state index contributed by atoms with van der Waals surface area (Å²) < 4.78 is 0. The van der Waals surface area contributed by atoms with E-state index < -0.39 is 0 Å². The molecule has 1 aromatic carbocycles. The average Bonchev–Trinajstić information content (AvgIpc) is 2.52. The van der Waals surface area contributed by atoms with Crippen molar-refractivity contribution in [2.75, 3.05) is 13.1 Å². The SMILES string of the molecule is CC(C)(C)c1ccc(CCC(=O)N2CCCCC2CN)cc1.Cl. The first-order valence-electron chi connectivity index (χ1n) is 8.51. The molecule has 1 heterocycles. The Morgan fingerprint density at radius 1 is 1.22 bits per heavy atom. The fraction of sp³-hybridized carbons (Fsp3) is 0.632. The van der Waals surface area contributed by atoms with Crippen molar-refractivity contribution in [1.29, 1.82) is 0 Å². The molecule has 2 rings (SSSR count). The molecule has 23 heavy (non-hydrogen) atoms. The van der Waals surface area contributed by atoms with Crippen molar-refractivity contribution in [3.05, 3.63) is 35.4 Å². The second-order valence-corrected chi connectivity index (χ2v) is 7.42. The number of carbonyl (C=O) groups is 1. The summed E-state index contributed by atoms with van der Waals surface area (Å²) in [5.74, 6) is 0.259. The fourth-order valence-corrected chi connectivity index (χ4v) is 3.14. The van der Waals surface area contributed by atoms with Crippen molar-refractivity contribution in [2.45, 2.75) is 64.3 Å². The molecule has 1 atom stereocenters. The lowest BCUT2D eigenvalue weighted by atomic mass is 9.86. The van der Waals surface area contributed by atoms with Gasteiger partial charge in [-0.25, -0.2) is 0 Å². The number of hydrogen-bond acceptors (Lipinski definition) is 2. The van der Waals surface area contributed by atoms with E-state index in [9.17, 15) is 4.79 Å². The van der Waals surface area contributed by atoms with Gasteiger partial charge in [-0.05, 0) is 42.2 Å². The molecule has 0 aromatic heterocycles. The number of carbonyl (C=O) groups excluding carboxylic acids is 1. The Morgan fingerprint density at radius 2 is 1.87 bits per heavy atom. The van der Waals surface area contributed by atoms with Gasteiger partial charge in [-0.2, -0.15) is 0 Å². The first-order chi connectivity index (χ1) is 10.4. The van der Waals surface area contributed by atoms with Gasteiger partial charge < -0.3 is 10.6 Å². The molecule has 1 amide bonds. The second-order valence-electron chi connectivity index (χ2n) is 7.42. The molecule has 1 aliphatic rings. The zero-order valence-electron chi connectivity index (χ0n) is 14.7. The maximum absolute atomic E-state index is 12.4.